The van der Waals surface area contributed by atoms with Gasteiger partial charge in [0.15, 0.2) is 0 Å². The van der Waals surface area contributed by atoms with Crippen molar-refractivity contribution in [3.63, 3.8) is 0 Å². The van der Waals surface area contributed by atoms with Gasteiger partial charge in [0.2, 0.25) is 0 Å². The van der Waals surface area contributed by atoms with E-state index in [2.05, 4.69) is 30.1 Å². The van der Waals surface area contributed by atoms with Crippen LogP contribution in [0, 0.1) is 6.07 Å². The number of rotatable bonds is 1. The number of hydrogen-bond donors (Lipinski definition) is 0. The maximum atomic E-state index is 3.69. The molecule has 2 nitrogen and oxygen atoms in total. The molecule has 0 unspecified atom stereocenters. The predicted octanol–water partition coefficient (Wildman–Crippen LogP) is 2.65. The molecule has 2 rings (SSSR count). The van der Waals surface area contributed by atoms with E-state index in [1.54, 1.807) is 12.4 Å². The Morgan fingerprint density at radius 2 is 1.87 bits per heavy atom. The zero-order chi connectivity index (χ0) is 10.2. The number of nitrogens with zero attached hydrogens (tertiary/aromatic N) is 2. The van der Waals surface area contributed by atoms with Crippen LogP contribution in [-0.2, 0) is 18.6 Å². The minimum atomic E-state index is 0. The van der Waals surface area contributed by atoms with Gasteiger partial charge in [-0.25, -0.2) is 0 Å². The van der Waals surface area contributed by atoms with Crippen molar-refractivity contribution in [2.75, 3.05) is 0 Å². The Labute approximate surface area is 103 Å². The first-order valence-electron chi connectivity index (χ1n) is 4.65. The molecule has 0 saturated heterocycles. The van der Waals surface area contributed by atoms with E-state index in [1.165, 1.54) is 5.56 Å². The van der Waals surface area contributed by atoms with E-state index in [4.69, 9.17) is 0 Å². The molecule has 3 heteroatoms. The first-order chi connectivity index (χ1) is 6.80. The summed E-state index contributed by atoms with van der Waals surface area (Å²) in [6.45, 7) is 4.25. The van der Waals surface area contributed by atoms with Gasteiger partial charge in [-0.1, -0.05) is 13.8 Å². The van der Waals surface area contributed by atoms with Gasteiger partial charge in [-0.15, -0.1) is 0 Å². The van der Waals surface area contributed by atoms with Crippen molar-refractivity contribution in [1.29, 1.82) is 0 Å². The SMILES string of the molecule is CC(C)c1cn[n-]c1.[V+2].[c-]1ccccc1. The van der Waals surface area contributed by atoms with Crippen LogP contribution in [0.2, 0.25) is 0 Å². The Bertz CT molecular complexity index is 290. The topological polar surface area (TPSA) is 27.0 Å². The van der Waals surface area contributed by atoms with E-state index >= 15 is 0 Å². The fraction of sp³-hybridized carbons (Fsp3) is 0.250. The van der Waals surface area contributed by atoms with Crippen LogP contribution in [0.15, 0.2) is 42.7 Å². The van der Waals surface area contributed by atoms with Gasteiger partial charge in [-0.3, -0.25) is 0 Å². The van der Waals surface area contributed by atoms with E-state index in [-0.39, 0.29) is 18.6 Å². The van der Waals surface area contributed by atoms with Crippen LogP contribution in [0.5, 0.6) is 0 Å². The molecule has 0 aliphatic rings. The second-order valence-corrected chi connectivity index (χ2v) is 3.22. The summed E-state index contributed by atoms with van der Waals surface area (Å²) in [6, 6.07) is 12.5. The van der Waals surface area contributed by atoms with Gasteiger partial charge in [-0.2, -0.15) is 42.6 Å². The fourth-order valence-electron chi connectivity index (χ4n) is 0.873. The average molecular weight is 237 g/mol. The van der Waals surface area contributed by atoms with E-state index < -0.39 is 0 Å². The van der Waals surface area contributed by atoms with Crippen LogP contribution in [0.4, 0.5) is 0 Å². The van der Waals surface area contributed by atoms with Crippen molar-refractivity contribution in [3.8, 4) is 0 Å². The molecular formula is C12H14N2V. The van der Waals surface area contributed by atoms with E-state index in [9.17, 15) is 0 Å². The molecule has 2 aromatic rings. The summed E-state index contributed by atoms with van der Waals surface area (Å²) in [4.78, 5) is 0. The minimum absolute atomic E-state index is 0. The monoisotopic (exact) mass is 237 g/mol. The van der Waals surface area contributed by atoms with Gasteiger partial charge in [0.1, 0.15) is 0 Å². The second kappa shape index (κ2) is 8.33. The number of benzene rings is 1. The molecule has 0 N–H and O–H groups in total. The van der Waals surface area contributed by atoms with Crippen molar-refractivity contribution in [1.82, 2.24) is 10.2 Å². The largest absolute Gasteiger partial charge is 2.00 e. The second-order valence-electron chi connectivity index (χ2n) is 3.22. The maximum absolute atomic E-state index is 3.69. The van der Waals surface area contributed by atoms with Gasteiger partial charge >= 0.3 is 18.6 Å². The summed E-state index contributed by atoms with van der Waals surface area (Å²) in [7, 11) is 0. The summed E-state index contributed by atoms with van der Waals surface area (Å²) >= 11 is 0. The van der Waals surface area contributed by atoms with Crippen molar-refractivity contribution >= 4 is 0 Å². The quantitative estimate of drug-likeness (QED) is 0.713. The van der Waals surface area contributed by atoms with Crippen LogP contribution >= 0.6 is 0 Å². The molecule has 1 aromatic carbocycles. The van der Waals surface area contributed by atoms with Crippen LogP contribution in [-0.4, -0.2) is 5.10 Å². The molecule has 0 fully saturated rings. The van der Waals surface area contributed by atoms with Crippen molar-refractivity contribution in [2.45, 2.75) is 19.8 Å². The van der Waals surface area contributed by atoms with Gasteiger partial charge in [0.05, 0.1) is 0 Å². The summed E-state index contributed by atoms with van der Waals surface area (Å²) in [5.74, 6) is 0.560. The molecule has 15 heavy (non-hydrogen) atoms. The van der Waals surface area contributed by atoms with Crippen molar-refractivity contribution in [3.05, 3.63) is 54.4 Å². The van der Waals surface area contributed by atoms with Gasteiger partial charge in [-0.05, 0) is 11.5 Å². The Morgan fingerprint density at radius 1 is 1.20 bits per heavy atom. The summed E-state index contributed by atoms with van der Waals surface area (Å²) < 4.78 is 0. The molecule has 0 spiro atoms. The van der Waals surface area contributed by atoms with E-state index in [0.29, 0.717) is 5.92 Å². The Hall–Kier alpha value is -0.986. The summed E-state index contributed by atoms with van der Waals surface area (Å²) in [5.41, 5.74) is 1.21. The van der Waals surface area contributed by atoms with E-state index in [1.807, 2.05) is 30.3 Å². The molecule has 77 valence electrons. The molecule has 0 aliphatic heterocycles. The Morgan fingerprint density at radius 3 is 2.07 bits per heavy atom. The Balaban J connectivity index is 0.000000253. The zero-order valence-electron chi connectivity index (χ0n) is 8.96. The van der Waals surface area contributed by atoms with Crippen LogP contribution in [0.1, 0.15) is 25.3 Å². The smallest absolute Gasteiger partial charge is 0.582 e. The van der Waals surface area contributed by atoms with Crippen LogP contribution in [0.25, 0.3) is 0 Å². The van der Waals surface area contributed by atoms with Crippen LogP contribution in [0.3, 0.4) is 0 Å². The predicted molar refractivity (Wildman–Crippen MR) is 56.9 cm³/mol. The molecule has 1 heterocycles. The number of hydrogen-bond acceptors (Lipinski definition) is 1. The standard InChI is InChI=1S/C6H9N2.C6H5.V/c1-5(2)6-3-7-8-4-6;1-2-4-6-5-3-1;/h3-5H,1-2H3;1-5H;/q2*-1;+2. The maximum Gasteiger partial charge on any atom is 2.00 e. The molecule has 1 radical (unpaired) electrons. The van der Waals surface area contributed by atoms with Gasteiger partial charge in [0.25, 0.3) is 0 Å². The normalized spacial score (nSPS) is 8.73. The molecule has 0 atom stereocenters. The molecule has 0 saturated carbocycles. The van der Waals surface area contributed by atoms with E-state index in [0.717, 1.165) is 0 Å². The zero-order valence-corrected chi connectivity index (χ0v) is 10.4. The van der Waals surface area contributed by atoms with Crippen LogP contribution < -0.4 is 5.10 Å². The van der Waals surface area contributed by atoms with Gasteiger partial charge < -0.3 is 10.2 Å². The molecule has 0 bridgehead atoms. The minimum Gasteiger partial charge on any atom is -0.582 e. The molecule has 1 aromatic heterocycles. The fourth-order valence-corrected chi connectivity index (χ4v) is 0.873. The third-order valence-electron chi connectivity index (χ3n) is 1.75. The van der Waals surface area contributed by atoms with Crippen molar-refractivity contribution < 1.29 is 18.6 Å². The van der Waals surface area contributed by atoms with Crippen molar-refractivity contribution in [2.24, 2.45) is 0 Å². The molecular weight excluding hydrogens is 223 g/mol. The molecule has 0 amide bonds. The first-order valence-corrected chi connectivity index (χ1v) is 4.65. The third kappa shape index (κ3) is 6.16. The molecule has 0 aliphatic carbocycles. The average Bonchev–Trinajstić information content (AvgIpc) is 2.74. The summed E-state index contributed by atoms with van der Waals surface area (Å²) in [6.07, 6.45) is 3.59. The van der Waals surface area contributed by atoms with Gasteiger partial charge in [0, 0.05) is 6.20 Å². The Kier molecular flexibility index (Phi) is 7.79. The third-order valence-corrected chi connectivity index (χ3v) is 1.75. The summed E-state index contributed by atoms with van der Waals surface area (Å²) in [5, 5.41) is 7.39. The first kappa shape index (κ1) is 14.0. The number of aromatic nitrogens is 2.